The number of aromatic nitrogens is 2. The molecule has 2 N–H and O–H groups in total. The second-order valence-electron chi connectivity index (χ2n) is 4.26. The van der Waals surface area contributed by atoms with Crippen LogP contribution in [0.2, 0.25) is 0 Å². The lowest BCUT2D eigenvalue weighted by molar-refractivity contribution is 0.0994. The Morgan fingerprint density at radius 2 is 2.10 bits per heavy atom. The minimum atomic E-state index is -0.534. The number of hydrogen-bond acceptors (Lipinski definition) is 4. The molecule has 0 unspecified atom stereocenters. The van der Waals surface area contributed by atoms with Gasteiger partial charge in [-0.2, -0.15) is 0 Å². The predicted molar refractivity (Wildman–Crippen MR) is 80.7 cm³/mol. The van der Waals surface area contributed by atoms with Gasteiger partial charge in [-0.3, -0.25) is 9.78 Å². The van der Waals surface area contributed by atoms with Crippen molar-refractivity contribution in [3.8, 4) is 5.88 Å². The fourth-order valence-electron chi connectivity index (χ4n) is 1.90. The lowest BCUT2D eigenvalue weighted by Crippen LogP contribution is -1.94. The molecule has 0 saturated heterocycles. The molecule has 7 heteroatoms. The van der Waals surface area contributed by atoms with Crippen LogP contribution in [0.3, 0.4) is 0 Å². The molecule has 2 heterocycles. The summed E-state index contributed by atoms with van der Waals surface area (Å²) in [6.45, 7) is 0. The number of aromatic hydroxyl groups is 1. The van der Waals surface area contributed by atoms with Crippen molar-refractivity contribution in [3.63, 3.8) is 0 Å². The normalized spacial score (nSPS) is 11.3. The van der Waals surface area contributed by atoms with Crippen molar-refractivity contribution in [2.24, 2.45) is 10.2 Å². The number of amides is 1. The molecule has 0 spiro atoms. The van der Waals surface area contributed by atoms with Crippen LogP contribution in [0.5, 0.6) is 5.88 Å². The molecule has 2 aromatic heterocycles. The fraction of sp³-hybridized carbons (Fsp3) is 0. The smallest absolute Gasteiger partial charge is 0.297 e. The van der Waals surface area contributed by atoms with Gasteiger partial charge in [0.15, 0.2) is 5.69 Å². The summed E-state index contributed by atoms with van der Waals surface area (Å²) in [4.78, 5) is 18.6. The van der Waals surface area contributed by atoms with E-state index in [9.17, 15) is 9.90 Å². The first-order valence-corrected chi connectivity index (χ1v) is 6.81. The number of para-hydroxylation sites is 1. The minimum absolute atomic E-state index is 0.125. The van der Waals surface area contributed by atoms with E-state index in [1.54, 1.807) is 24.4 Å². The van der Waals surface area contributed by atoms with E-state index in [1.807, 2.05) is 12.1 Å². The molecule has 3 aromatic rings. The van der Waals surface area contributed by atoms with Crippen molar-refractivity contribution in [1.82, 2.24) is 9.97 Å². The second-order valence-corrected chi connectivity index (χ2v) is 5.18. The van der Waals surface area contributed by atoms with Crippen molar-refractivity contribution >= 4 is 38.4 Å². The number of H-pyrrole nitrogens is 1. The van der Waals surface area contributed by atoms with Gasteiger partial charge in [0.05, 0.1) is 11.1 Å². The SMILES string of the molecule is O=C(N=Nc1c(O)[nH]c2ccccc12)c1cncc(Br)c1. The quantitative estimate of drug-likeness (QED) is 0.689. The Kier molecular flexibility index (Phi) is 3.49. The summed E-state index contributed by atoms with van der Waals surface area (Å²) in [5.74, 6) is -0.659. The molecule has 0 radical (unpaired) electrons. The molecule has 104 valence electrons. The van der Waals surface area contributed by atoms with Gasteiger partial charge in [0.1, 0.15) is 0 Å². The molecule has 0 saturated carbocycles. The van der Waals surface area contributed by atoms with Crippen LogP contribution < -0.4 is 0 Å². The van der Waals surface area contributed by atoms with Crippen LogP contribution in [0, 0.1) is 0 Å². The van der Waals surface area contributed by atoms with Crippen molar-refractivity contribution < 1.29 is 9.90 Å². The summed E-state index contributed by atoms with van der Waals surface area (Å²) < 4.78 is 0.679. The van der Waals surface area contributed by atoms with Crippen LogP contribution in [0.25, 0.3) is 10.9 Å². The molecule has 0 fully saturated rings. The van der Waals surface area contributed by atoms with Crippen LogP contribution >= 0.6 is 15.9 Å². The van der Waals surface area contributed by atoms with E-state index >= 15 is 0 Å². The van der Waals surface area contributed by atoms with Gasteiger partial charge >= 0.3 is 0 Å². The number of pyridine rings is 1. The molecule has 0 aliphatic carbocycles. The topological polar surface area (TPSA) is 90.7 Å². The standard InChI is InChI=1S/C14H9BrN4O2/c15-9-5-8(6-16-7-9)13(20)19-18-12-10-3-1-2-4-11(10)17-14(12)21/h1-7,17,21H. The van der Waals surface area contributed by atoms with Gasteiger partial charge in [0, 0.05) is 22.3 Å². The molecule has 1 amide bonds. The first-order chi connectivity index (χ1) is 10.1. The van der Waals surface area contributed by atoms with Gasteiger partial charge in [-0.05, 0) is 28.1 Å². The summed E-state index contributed by atoms with van der Waals surface area (Å²) in [5, 5.41) is 18.0. The van der Waals surface area contributed by atoms with Crippen molar-refractivity contribution in [1.29, 1.82) is 0 Å². The highest BCUT2D eigenvalue weighted by atomic mass is 79.9. The van der Waals surface area contributed by atoms with Crippen LogP contribution in [-0.2, 0) is 0 Å². The minimum Gasteiger partial charge on any atom is -0.493 e. The number of benzene rings is 1. The number of halogens is 1. The Hall–Kier alpha value is -2.54. The van der Waals surface area contributed by atoms with Gasteiger partial charge in [-0.25, -0.2) is 0 Å². The summed E-state index contributed by atoms with van der Waals surface area (Å²) in [5.41, 5.74) is 1.27. The highest BCUT2D eigenvalue weighted by Gasteiger charge is 2.11. The van der Waals surface area contributed by atoms with E-state index < -0.39 is 5.91 Å². The lowest BCUT2D eigenvalue weighted by Gasteiger charge is -1.95. The van der Waals surface area contributed by atoms with Gasteiger partial charge in [0.2, 0.25) is 5.88 Å². The average Bonchev–Trinajstić information content (AvgIpc) is 2.80. The number of azo groups is 1. The van der Waals surface area contributed by atoms with Crippen LogP contribution in [0.4, 0.5) is 5.69 Å². The third-order valence-electron chi connectivity index (χ3n) is 2.85. The first kappa shape index (κ1) is 13.4. The van der Waals surface area contributed by atoms with Gasteiger partial charge in [-0.1, -0.05) is 18.2 Å². The maximum atomic E-state index is 11.9. The van der Waals surface area contributed by atoms with E-state index in [1.165, 1.54) is 6.20 Å². The molecule has 0 atom stereocenters. The monoisotopic (exact) mass is 344 g/mol. The lowest BCUT2D eigenvalue weighted by atomic mass is 10.2. The second kappa shape index (κ2) is 5.45. The predicted octanol–water partition coefficient (Wildman–Crippen LogP) is 3.96. The van der Waals surface area contributed by atoms with E-state index in [0.717, 1.165) is 5.52 Å². The molecule has 6 nitrogen and oxygen atoms in total. The average molecular weight is 345 g/mol. The number of hydrogen-bond donors (Lipinski definition) is 2. The molecule has 21 heavy (non-hydrogen) atoms. The van der Waals surface area contributed by atoms with Crippen LogP contribution in [0.1, 0.15) is 10.4 Å². The van der Waals surface area contributed by atoms with Gasteiger partial charge in [-0.15, -0.1) is 10.2 Å². The number of carbonyl (C=O) groups is 1. The Morgan fingerprint density at radius 1 is 1.29 bits per heavy atom. The Labute approximate surface area is 127 Å². The Balaban J connectivity index is 1.95. The Morgan fingerprint density at radius 3 is 2.90 bits per heavy atom. The number of rotatable bonds is 2. The molecule has 0 aliphatic rings. The highest BCUT2D eigenvalue weighted by molar-refractivity contribution is 9.10. The summed E-state index contributed by atoms with van der Waals surface area (Å²) in [6.07, 6.45) is 2.97. The third-order valence-corrected chi connectivity index (χ3v) is 3.29. The fourth-order valence-corrected chi connectivity index (χ4v) is 2.26. The first-order valence-electron chi connectivity index (χ1n) is 6.01. The van der Waals surface area contributed by atoms with Crippen molar-refractivity contribution in [3.05, 3.63) is 52.8 Å². The molecule has 0 bridgehead atoms. The van der Waals surface area contributed by atoms with Gasteiger partial charge < -0.3 is 10.1 Å². The third kappa shape index (κ3) is 2.68. The molecular formula is C14H9BrN4O2. The van der Waals surface area contributed by atoms with Gasteiger partial charge in [0.25, 0.3) is 5.91 Å². The summed E-state index contributed by atoms with van der Waals surface area (Å²) >= 11 is 3.23. The number of nitrogens with one attached hydrogen (secondary N) is 1. The maximum Gasteiger partial charge on any atom is 0.297 e. The van der Waals surface area contributed by atoms with Crippen molar-refractivity contribution in [2.45, 2.75) is 0 Å². The van der Waals surface area contributed by atoms with E-state index in [2.05, 4.69) is 36.1 Å². The largest absolute Gasteiger partial charge is 0.493 e. The Bertz CT molecular complexity index is 857. The zero-order valence-corrected chi connectivity index (χ0v) is 12.2. The number of fused-ring (bicyclic) bond motifs is 1. The van der Waals surface area contributed by atoms with Crippen LogP contribution in [0.15, 0.2) is 57.4 Å². The van der Waals surface area contributed by atoms with Crippen molar-refractivity contribution in [2.75, 3.05) is 0 Å². The molecule has 3 rings (SSSR count). The number of carbonyl (C=O) groups excluding carboxylic acids is 1. The van der Waals surface area contributed by atoms with E-state index in [4.69, 9.17) is 0 Å². The number of nitrogens with zero attached hydrogens (tertiary/aromatic N) is 3. The molecular weight excluding hydrogens is 336 g/mol. The van der Waals surface area contributed by atoms with Crippen LogP contribution in [-0.4, -0.2) is 21.0 Å². The zero-order valence-electron chi connectivity index (χ0n) is 10.6. The number of aromatic amines is 1. The molecule has 1 aromatic carbocycles. The highest BCUT2D eigenvalue weighted by Crippen LogP contribution is 2.35. The molecule has 0 aliphatic heterocycles. The van der Waals surface area contributed by atoms with E-state index in [0.29, 0.717) is 15.4 Å². The zero-order chi connectivity index (χ0) is 14.8. The van der Waals surface area contributed by atoms with E-state index in [-0.39, 0.29) is 11.6 Å². The summed E-state index contributed by atoms with van der Waals surface area (Å²) in [7, 11) is 0. The summed E-state index contributed by atoms with van der Waals surface area (Å²) in [6, 6.07) is 8.83. The maximum absolute atomic E-state index is 11.9.